The number of aryl methyl sites for hydroxylation is 1. The molecule has 9 heteroatoms. The van der Waals surface area contributed by atoms with Gasteiger partial charge in [-0.15, -0.1) is 11.8 Å². The predicted molar refractivity (Wildman–Crippen MR) is 103 cm³/mol. The summed E-state index contributed by atoms with van der Waals surface area (Å²) in [7, 11) is 0. The van der Waals surface area contributed by atoms with E-state index in [0.717, 1.165) is 15.6 Å². The van der Waals surface area contributed by atoms with E-state index in [1.165, 1.54) is 23.9 Å². The monoisotopic (exact) mass is 390 g/mol. The van der Waals surface area contributed by atoms with Crippen LogP contribution in [0.2, 0.25) is 0 Å². The van der Waals surface area contributed by atoms with Gasteiger partial charge in [-0.05, 0) is 18.9 Å². The highest BCUT2D eigenvalue weighted by atomic mass is 32.2. The van der Waals surface area contributed by atoms with Gasteiger partial charge in [0, 0.05) is 28.6 Å². The van der Waals surface area contributed by atoms with E-state index in [1.54, 1.807) is 23.9 Å². The fourth-order valence-corrected chi connectivity index (χ4v) is 4.99. The number of nitro groups is 1. The van der Waals surface area contributed by atoms with E-state index >= 15 is 0 Å². The minimum absolute atomic E-state index is 0.0560. The maximum absolute atomic E-state index is 12.2. The van der Waals surface area contributed by atoms with Crippen molar-refractivity contribution in [1.29, 1.82) is 0 Å². The van der Waals surface area contributed by atoms with Gasteiger partial charge >= 0.3 is 0 Å². The number of hydrogen-bond donors (Lipinski definition) is 1. The number of carbonyl (C=O) groups excluding carboxylic acids is 1. The van der Waals surface area contributed by atoms with E-state index in [1.807, 2.05) is 6.92 Å². The Bertz CT molecular complexity index is 875. The average Bonchev–Trinajstić information content (AvgIpc) is 2.87. The molecule has 0 fully saturated rings. The molecule has 0 spiro atoms. The summed E-state index contributed by atoms with van der Waals surface area (Å²) in [6.07, 6.45) is 0. The Labute approximate surface area is 159 Å². The van der Waals surface area contributed by atoms with Crippen LogP contribution in [-0.4, -0.2) is 31.8 Å². The molecule has 0 bridgehead atoms. The number of aromatic nitrogens is 2. The smallest absolute Gasteiger partial charge is 0.271 e. The van der Waals surface area contributed by atoms with Crippen LogP contribution in [-0.2, 0) is 4.79 Å². The van der Waals surface area contributed by atoms with Gasteiger partial charge in [-0.2, -0.15) is 0 Å². The molecular weight excluding hydrogens is 372 g/mol. The van der Waals surface area contributed by atoms with Crippen molar-refractivity contribution >= 4 is 40.8 Å². The topological polar surface area (TPSA) is 98.0 Å². The number of nitrogens with zero attached hydrogens (tertiary/aromatic N) is 3. The third kappa shape index (κ3) is 3.99. The Morgan fingerprint density at radius 1 is 1.38 bits per heavy atom. The van der Waals surface area contributed by atoms with Crippen molar-refractivity contribution in [1.82, 2.24) is 9.97 Å². The zero-order valence-electron chi connectivity index (χ0n) is 14.6. The summed E-state index contributed by atoms with van der Waals surface area (Å²) in [5, 5.41) is 15.8. The Balaban J connectivity index is 1.69. The first-order valence-corrected chi connectivity index (χ1v) is 9.94. The number of amides is 1. The number of nitro benzene ring substituents is 1. The van der Waals surface area contributed by atoms with Gasteiger partial charge in [-0.3, -0.25) is 14.9 Å². The van der Waals surface area contributed by atoms with E-state index in [2.05, 4.69) is 29.1 Å². The molecule has 0 saturated carbocycles. The first-order valence-electron chi connectivity index (χ1n) is 8.07. The molecule has 2 heterocycles. The fourth-order valence-electron chi connectivity index (χ4n) is 2.66. The molecule has 1 aromatic carbocycles. The van der Waals surface area contributed by atoms with Gasteiger partial charge < -0.3 is 5.32 Å². The third-order valence-electron chi connectivity index (χ3n) is 4.13. The van der Waals surface area contributed by atoms with E-state index < -0.39 is 4.92 Å². The Kier molecular flexibility index (Phi) is 5.47. The number of thioether (sulfide) groups is 2. The van der Waals surface area contributed by atoms with Crippen LogP contribution in [0.4, 0.5) is 11.4 Å². The summed E-state index contributed by atoms with van der Waals surface area (Å²) in [6.45, 7) is 6.16. The van der Waals surface area contributed by atoms with Gasteiger partial charge in [0.2, 0.25) is 5.91 Å². The van der Waals surface area contributed by atoms with Crippen LogP contribution in [0.5, 0.6) is 0 Å². The number of non-ortho nitro benzene ring substituents is 1. The number of nitrogens with one attached hydrogen (secondary N) is 1. The van der Waals surface area contributed by atoms with Crippen molar-refractivity contribution in [2.24, 2.45) is 0 Å². The molecule has 2 aromatic rings. The molecular formula is C17H18N4O3S2. The average molecular weight is 390 g/mol. The summed E-state index contributed by atoms with van der Waals surface area (Å²) in [5.41, 5.74) is 1.47. The van der Waals surface area contributed by atoms with Gasteiger partial charge in [0.25, 0.3) is 5.69 Å². The Morgan fingerprint density at radius 2 is 2.15 bits per heavy atom. The second-order valence-electron chi connectivity index (χ2n) is 6.05. The quantitative estimate of drug-likeness (QED) is 0.356. The third-order valence-corrected chi connectivity index (χ3v) is 6.43. The lowest BCUT2D eigenvalue weighted by Crippen LogP contribution is -2.15. The van der Waals surface area contributed by atoms with Crippen LogP contribution < -0.4 is 5.32 Å². The number of anilines is 1. The largest absolute Gasteiger partial charge is 0.325 e. The molecule has 3 rings (SSSR count). The molecule has 7 nitrogen and oxygen atoms in total. The highest BCUT2D eigenvalue weighted by Crippen LogP contribution is 2.47. The lowest BCUT2D eigenvalue weighted by Gasteiger charge is -2.12. The van der Waals surface area contributed by atoms with Crippen LogP contribution in [0.1, 0.15) is 31.2 Å². The van der Waals surface area contributed by atoms with Crippen molar-refractivity contribution in [2.75, 3.05) is 11.1 Å². The van der Waals surface area contributed by atoms with Gasteiger partial charge in [0.1, 0.15) is 15.9 Å². The van der Waals surface area contributed by atoms with Crippen LogP contribution in [0.3, 0.4) is 0 Å². The van der Waals surface area contributed by atoms with Crippen molar-refractivity contribution in [3.8, 4) is 0 Å². The molecule has 0 saturated heterocycles. The molecule has 0 aliphatic carbocycles. The summed E-state index contributed by atoms with van der Waals surface area (Å²) in [4.78, 5) is 31.6. The molecule has 0 unspecified atom stereocenters. The van der Waals surface area contributed by atoms with Crippen molar-refractivity contribution in [3.63, 3.8) is 0 Å². The lowest BCUT2D eigenvalue weighted by atomic mass is 10.0. The number of carbonyl (C=O) groups is 1. The summed E-state index contributed by atoms with van der Waals surface area (Å²) in [5.74, 6) is 0.973. The normalized spacial score (nSPS) is 18.4. The molecule has 26 heavy (non-hydrogen) atoms. The Morgan fingerprint density at radius 3 is 2.88 bits per heavy atom. The zero-order chi connectivity index (χ0) is 18.8. The maximum atomic E-state index is 12.2. The van der Waals surface area contributed by atoms with Gasteiger partial charge in [0.15, 0.2) is 0 Å². The number of hydrogen-bond acceptors (Lipinski definition) is 7. The van der Waals surface area contributed by atoms with Gasteiger partial charge in [0.05, 0.1) is 10.7 Å². The minimum atomic E-state index is -0.488. The van der Waals surface area contributed by atoms with E-state index in [0.29, 0.717) is 22.7 Å². The second kappa shape index (κ2) is 7.63. The molecule has 1 amide bonds. The van der Waals surface area contributed by atoms with Crippen molar-refractivity contribution in [3.05, 3.63) is 45.8 Å². The van der Waals surface area contributed by atoms with E-state index in [4.69, 9.17) is 0 Å². The first kappa shape index (κ1) is 18.7. The molecule has 1 aromatic heterocycles. The summed E-state index contributed by atoms with van der Waals surface area (Å²) >= 11 is 3.11. The van der Waals surface area contributed by atoms with Crippen LogP contribution in [0.25, 0.3) is 0 Å². The fraction of sp³-hybridized carbons (Fsp3) is 0.353. The summed E-state index contributed by atoms with van der Waals surface area (Å²) < 4.78 is 0. The first-order chi connectivity index (χ1) is 12.3. The maximum Gasteiger partial charge on any atom is 0.271 e. The minimum Gasteiger partial charge on any atom is -0.325 e. The zero-order valence-corrected chi connectivity index (χ0v) is 16.2. The molecule has 0 radical (unpaired) electrons. The van der Waals surface area contributed by atoms with Gasteiger partial charge in [-0.1, -0.05) is 31.7 Å². The van der Waals surface area contributed by atoms with Crippen LogP contribution in [0, 0.1) is 17.0 Å². The number of benzene rings is 1. The van der Waals surface area contributed by atoms with Crippen LogP contribution >= 0.6 is 23.5 Å². The lowest BCUT2D eigenvalue weighted by molar-refractivity contribution is -0.384. The van der Waals surface area contributed by atoms with E-state index in [9.17, 15) is 14.9 Å². The van der Waals surface area contributed by atoms with Crippen molar-refractivity contribution in [2.45, 2.75) is 42.0 Å². The highest BCUT2D eigenvalue weighted by molar-refractivity contribution is 8.01. The summed E-state index contributed by atoms with van der Waals surface area (Å²) in [6, 6.07) is 5.90. The second-order valence-corrected chi connectivity index (χ2v) is 8.38. The van der Waals surface area contributed by atoms with Crippen LogP contribution in [0.15, 0.2) is 34.3 Å². The molecule has 136 valence electrons. The van der Waals surface area contributed by atoms with E-state index in [-0.39, 0.29) is 17.3 Å². The predicted octanol–water partition coefficient (Wildman–Crippen LogP) is 4.02. The van der Waals surface area contributed by atoms with Gasteiger partial charge in [-0.25, -0.2) is 9.97 Å². The molecule has 1 aliphatic heterocycles. The SMILES string of the molecule is Cc1nc(SCC(=O)Nc2cccc([N+](=O)[O-])c2)c2c(n1)S[C@@H](C)[C@H]2C. The number of rotatable bonds is 5. The highest BCUT2D eigenvalue weighted by Gasteiger charge is 2.31. The van der Waals surface area contributed by atoms with Crippen molar-refractivity contribution < 1.29 is 9.72 Å². The molecule has 1 N–H and O–H groups in total. The molecule has 1 aliphatic rings. The standard InChI is InChI=1S/C17H18N4O3S2/c1-9-10(2)26-17-15(9)16(18-11(3)19-17)25-8-14(22)20-12-5-4-6-13(7-12)21(23)24/h4-7,9-10H,8H2,1-3H3,(H,20,22)/t9-,10+/m1/s1. The molecule has 2 atom stereocenters. The Hall–Kier alpha value is -2.13. The number of fused-ring (bicyclic) bond motifs is 1.